The number of aliphatic hydroxyl groups excluding tert-OH is 1. The quantitative estimate of drug-likeness (QED) is 0.810. The number of carbonyl (C=O) groups excluding carboxylic acids is 1. The van der Waals surface area contributed by atoms with Gasteiger partial charge in [0, 0.05) is 18.5 Å². The van der Waals surface area contributed by atoms with Crippen molar-refractivity contribution in [1.82, 2.24) is 4.98 Å². The second-order valence-electron chi connectivity index (χ2n) is 6.99. The van der Waals surface area contributed by atoms with Crippen molar-refractivity contribution in [2.24, 2.45) is 4.99 Å². The minimum atomic E-state index is -0.749. The summed E-state index contributed by atoms with van der Waals surface area (Å²) in [6, 6.07) is 12.0. The number of ketones is 1. The van der Waals surface area contributed by atoms with Crippen molar-refractivity contribution in [3.63, 3.8) is 0 Å². The molecule has 1 aliphatic heterocycles. The first kappa shape index (κ1) is 19.2. The predicted molar refractivity (Wildman–Crippen MR) is 105 cm³/mol. The van der Waals surface area contributed by atoms with Crippen LogP contribution >= 0.6 is 0 Å². The average Bonchev–Trinajstić information content (AvgIpc) is 3.04. The van der Waals surface area contributed by atoms with Crippen LogP contribution in [0.15, 0.2) is 41.4 Å². The summed E-state index contributed by atoms with van der Waals surface area (Å²) in [6.45, 7) is 6.64. The van der Waals surface area contributed by atoms with Crippen LogP contribution in [-0.4, -0.2) is 28.4 Å². The third-order valence-corrected chi connectivity index (χ3v) is 4.75. The summed E-state index contributed by atoms with van der Waals surface area (Å²) in [7, 11) is 0. The summed E-state index contributed by atoms with van der Waals surface area (Å²) in [5.74, 6) is 0.836. The van der Waals surface area contributed by atoms with Crippen LogP contribution in [0.5, 0.6) is 0 Å². The lowest BCUT2D eigenvalue weighted by atomic mass is 9.94. The molecule has 2 heterocycles. The first-order valence-corrected chi connectivity index (χ1v) is 9.44. The Morgan fingerprint density at radius 2 is 2.00 bits per heavy atom. The van der Waals surface area contributed by atoms with Gasteiger partial charge in [-0.2, -0.15) is 0 Å². The Bertz CT molecular complexity index is 844. The molecular formula is C22H26N2O3. The number of aromatic nitrogens is 1. The minimum absolute atomic E-state index is 0.138. The molecule has 27 heavy (non-hydrogen) atoms. The molecule has 0 amide bonds. The van der Waals surface area contributed by atoms with E-state index in [1.54, 1.807) is 6.92 Å². The van der Waals surface area contributed by atoms with E-state index < -0.39 is 6.10 Å². The van der Waals surface area contributed by atoms with Crippen LogP contribution in [0.2, 0.25) is 0 Å². The van der Waals surface area contributed by atoms with Gasteiger partial charge >= 0.3 is 0 Å². The van der Waals surface area contributed by atoms with E-state index in [0.29, 0.717) is 36.9 Å². The number of fused-ring (bicyclic) bond motifs is 1. The number of benzene rings is 1. The van der Waals surface area contributed by atoms with E-state index in [1.165, 1.54) is 0 Å². The second-order valence-corrected chi connectivity index (χ2v) is 6.99. The van der Waals surface area contributed by atoms with E-state index in [2.05, 4.69) is 16.9 Å². The fourth-order valence-electron chi connectivity index (χ4n) is 3.45. The molecule has 0 radical (unpaired) electrons. The molecule has 0 saturated carbocycles. The molecule has 1 aromatic heterocycles. The molecule has 0 bridgehead atoms. The smallest absolute Gasteiger partial charge is 0.218 e. The summed E-state index contributed by atoms with van der Waals surface area (Å²) in [5, 5.41) is 10.2. The number of hydrogen-bond acceptors (Lipinski definition) is 5. The van der Waals surface area contributed by atoms with Crippen LogP contribution in [0, 0.1) is 0 Å². The Kier molecular flexibility index (Phi) is 6.01. The number of Topliss-reactive ketones (excluding diaryl/α,β-unsaturated/α-hetero) is 1. The number of pyridine rings is 1. The molecule has 0 saturated heterocycles. The van der Waals surface area contributed by atoms with Crippen LogP contribution in [-0.2, 0) is 22.5 Å². The maximum atomic E-state index is 12.6. The summed E-state index contributed by atoms with van der Waals surface area (Å²) < 4.78 is 5.57. The van der Waals surface area contributed by atoms with Crippen LogP contribution < -0.4 is 0 Å². The molecule has 142 valence electrons. The summed E-state index contributed by atoms with van der Waals surface area (Å²) in [4.78, 5) is 21.6. The number of hydrogen-bond donors (Lipinski definition) is 1. The number of aliphatic hydroxyl groups is 1. The fourth-order valence-corrected chi connectivity index (χ4v) is 3.45. The normalized spacial score (nSPS) is 15.0. The Balaban J connectivity index is 1.76. The zero-order chi connectivity index (χ0) is 19.4. The lowest BCUT2D eigenvalue weighted by Gasteiger charge is -2.15. The Labute approximate surface area is 160 Å². The third kappa shape index (κ3) is 4.42. The van der Waals surface area contributed by atoms with E-state index >= 15 is 0 Å². The van der Waals surface area contributed by atoms with Crippen molar-refractivity contribution in [2.45, 2.75) is 52.2 Å². The largest absolute Gasteiger partial charge is 0.478 e. The van der Waals surface area contributed by atoms with Gasteiger partial charge in [-0.15, -0.1) is 0 Å². The second kappa shape index (κ2) is 8.44. The minimum Gasteiger partial charge on any atom is -0.478 e. The maximum Gasteiger partial charge on any atom is 0.218 e. The standard InChI is InChI=1S/C22H26N2O3/c1-4-27-22-20-17(13-23-22)11-18(24-21(20)15(3)25)12-19(26)10-14(2)16-8-6-5-7-9-16/h5-9,11,14-15,25H,4,10,12-13H2,1-3H3/t14-,15-/m0/s1. The number of ether oxygens (including phenoxy) is 1. The molecule has 1 N–H and O–H groups in total. The molecule has 3 rings (SSSR count). The molecule has 5 nitrogen and oxygen atoms in total. The number of rotatable bonds is 7. The molecular weight excluding hydrogens is 340 g/mol. The van der Waals surface area contributed by atoms with Crippen LogP contribution in [0.3, 0.4) is 0 Å². The highest BCUT2D eigenvalue weighted by Gasteiger charge is 2.26. The molecule has 0 spiro atoms. The molecule has 1 aliphatic rings. The van der Waals surface area contributed by atoms with Gasteiger partial charge in [0.25, 0.3) is 0 Å². The summed E-state index contributed by atoms with van der Waals surface area (Å²) in [5.41, 5.74) is 4.12. The van der Waals surface area contributed by atoms with E-state index in [9.17, 15) is 9.90 Å². The van der Waals surface area contributed by atoms with E-state index in [1.807, 2.05) is 43.3 Å². The topological polar surface area (TPSA) is 71.8 Å². The van der Waals surface area contributed by atoms with Crippen molar-refractivity contribution in [3.05, 3.63) is 64.5 Å². The molecule has 2 aromatic rings. The number of nitrogens with zero attached hydrogens (tertiary/aromatic N) is 2. The highest BCUT2D eigenvalue weighted by Crippen LogP contribution is 2.28. The zero-order valence-electron chi connectivity index (χ0n) is 16.1. The monoisotopic (exact) mass is 366 g/mol. The molecule has 0 fully saturated rings. The van der Waals surface area contributed by atoms with E-state index in [-0.39, 0.29) is 18.1 Å². The van der Waals surface area contributed by atoms with Crippen molar-refractivity contribution in [2.75, 3.05) is 6.61 Å². The van der Waals surface area contributed by atoms with Gasteiger partial charge < -0.3 is 9.84 Å². The molecule has 5 heteroatoms. The van der Waals surface area contributed by atoms with Gasteiger partial charge in [0.15, 0.2) is 0 Å². The van der Waals surface area contributed by atoms with Gasteiger partial charge in [-0.05, 0) is 37.0 Å². The first-order chi connectivity index (χ1) is 13.0. The van der Waals surface area contributed by atoms with Gasteiger partial charge in [-0.25, -0.2) is 4.99 Å². The molecule has 0 aliphatic carbocycles. The highest BCUT2D eigenvalue weighted by molar-refractivity contribution is 5.99. The van der Waals surface area contributed by atoms with Gasteiger partial charge in [-0.1, -0.05) is 37.3 Å². The van der Waals surface area contributed by atoms with E-state index in [0.717, 1.165) is 16.7 Å². The van der Waals surface area contributed by atoms with Gasteiger partial charge in [0.1, 0.15) is 5.78 Å². The Morgan fingerprint density at radius 1 is 1.26 bits per heavy atom. The van der Waals surface area contributed by atoms with Crippen LogP contribution in [0.1, 0.15) is 67.3 Å². The van der Waals surface area contributed by atoms with Crippen LogP contribution in [0.4, 0.5) is 0 Å². The van der Waals surface area contributed by atoms with Crippen molar-refractivity contribution >= 4 is 11.7 Å². The Hall–Kier alpha value is -2.53. The Morgan fingerprint density at radius 3 is 2.67 bits per heavy atom. The van der Waals surface area contributed by atoms with Crippen molar-refractivity contribution in [1.29, 1.82) is 0 Å². The maximum absolute atomic E-state index is 12.6. The van der Waals surface area contributed by atoms with Gasteiger partial charge in [-0.3, -0.25) is 9.78 Å². The molecule has 1 aromatic carbocycles. The van der Waals surface area contributed by atoms with Gasteiger partial charge in [0.2, 0.25) is 5.90 Å². The van der Waals surface area contributed by atoms with Crippen LogP contribution in [0.25, 0.3) is 0 Å². The number of carbonyl (C=O) groups is 1. The van der Waals surface area contributed by atoms with Crippen molar-refractivity contribution < 1.29 is 14.6 Å². The first-order valence-electron chi connectivity index (χ1n) is 9.44. The highest BCUT2D eigenvalue weighted by atomic mass is 16.5. The lowest BCUT2D eigenvalue weighted by molar-refractivity contribution is -0.118. The SMILES string of the molecule is CCOC1=NCc2cc(CC(=O)C[C@H](C)c3ccccc3)nc([C@H](C)O)c21. The van der Waals surface area contributed by atoms with Gasteiger partial charge in [0.05, 0.1) is 30.5 Å². The summed E-state index contributed by atoms with van der Waals surface area (Å²) >= 11 is 0. The summed E-state index contributed by atoms with van der Waals surface area (Å²) in [6.07, 6.45) is -0.0254. The van der Waals surface area contributed by atoms with Crippen molar-refractivity contribution in [3.8, 4) is 0 Å². The molecule has 2 atom stereocenters. The third-order valence-electron chi connectivity index (χ3n) is 4.75. The predicted octanol–water partition coefficient (Wildman–Crippen LogP) is 3.74. The van der Waals surface area contributed by atoms with E-state index in [4.69, 9.17) is 4.74 Å². The fraction of sp³-hybridized carbons (Fsp3) is 0.409. The zero-order valence-corrected chi connectivity index (χ0v) is 16.1. The average molecular weight is 366 g/mol. The lowest BCUT2D eigenvalue weighted by Crippen LogP contribution is -2.15. The molecule has 0 unspecified atom stereocenters. The number of aliphatic imine (C=N–C) groups is 1.